The minimum Gasteiger partial charge on any atom is -0.479 e. The van der Waals surface area contributed by atoms with E-state index in [1.807, 2.05) is 0 Å². The smallest absolute Gasteiger partial charge is 0.335 e. The summed E-state index contributed by atoms with van der Waals surface area (Å²) < 4.78 is 32.1. The van der Waals surface area contributed by atoms with E-state index in [1.54, 1.807) is 13.8 Å². The highest BCUT2D eigenvalue weighted by Crippen LogP contribution is 2.33. The van der Waals surface area contributed by atoms with Crippen LogP contribution >= 0.6 is 0 Å². The molecule has 2 rings (SSSR count). The van der Waals surface area contributed by atoms with Crippen LogP contribution in [0.15, 0.2) is 18.2 Å². The third kappa shape index (κ3) is 2.87. The molecule has 0 saturated carbocycles. The number of nitrogens with zero attached hydrogens (tertiary/aromatic N) is 1. The molecule has 5 nitrogen and oxygen atoms in total. The van der Waals surface area contributed by atoms with Crippen LogP contribution in [0.2, 0.25) is 0 Å². The molecular formula is C14H15F2NO4. The predicted octanol–water partition coefficient (Wildman–Crippen LogP) is 1.73. The Balaban J connectivity index is 2.54. The molecule has 0 radical (unpaired) electrons. The van der Waals surface area contributed by atoms with E-state index in [0.717, 1.165) is 12.1 Å². The molecule has 2 atom stereocenters. The first kappa shape index (κ1) is 15.4. The summed E-state index contributed by atoms with van der Waals surface area (Å²) in [6.45, 7) is 3.00. The zero-order chi connectivity index (χ0) is 15.7. The first-order valence-electron chi connectivity index (χ1n) is 6.43. The van der Waals surface area contributed by atoms with Crippen molar-refractivity contribution in [2.45, 2.75) is 32.0 Å². The molecule has 1 fully saturated rings. The molecule has 1 N–H and O–H groups in total. The molecular weight excluding hydrogens is 284 g/mol. The largest absolute Gasteiger partial charge is 0.479 e. The van der Waals surface area contributed by atoms with Gasteiger partial charge in [-0.15, -0.1) is 0 Å². The van der Waals surface area contributed by atoms with Crippen LogP contribution in [0.5, 0.6) is 0 Å². The van der Waals surface area contributed by atoms with Gasteiger partial charge in [-0.05, 0) is 19.9 Å². The van der Waals surface area contributed by atoms with Gasteiger partial charge in [0.05, 0.1) is 6.04 Å². The van der Waals surface area contributed by atoms with Crippen LogP contribution in [0.1, 0.15) is 25.5 Å². The first-order valence-corrected chi connectivity index (χ1v) is 6.43. The number of hydrogen-bond acceptors (Lipinski definition) is 3. The quantitative estimate of drug-likeness (QED) is 0.923. The maximum absolute atomic E-state index is 14.0. The molecule has 1 aromatic carbocycles. The number of rotatable bonds is 3. The molecule has 1 aliphatic rings. The molecule has 0 aliphatic carbocycles. The average Bonchev–Trinajstić information content (AvgIpc) is 2.37. The number of carboxylic acid groups (broad SMARTS) is 1. The number of morpholine rings is 1. The van der Waals surface area contributed by atoms with Crippen molar-refractivity contribution in [3.05, 3.63) is 35.4 Å². The first-order chi connectivity index (χ1) is 9.82. The lowest BCUT2D eigenvalue weighted by atomic mass is 9.96. The lowest BCUT2D eigenvalue weighted by Gasteiger charge is -2.41. The molecule has 114 valence electrons. The Morgan fingerprint density at radius 2 is 2.10 bits per heavy atom. The summed E-state index contributed by atoms with van der Waals surface area (Å²) in [4.78, 5) is 24.6. The number of ether oxygens (including phenoxy) is 1. The number of hydrogen-bond donors (Lipinski definition) is 1. The minimum atomic E-state index is -1.40. The van der Waals surface area contributed by atoms with E-state index in [4.69, 9.17) is 4.74 Å². The summed E-state index contributed by atoms with van der Waals surface area (Å²) >= 11 is 0. The number of halogens is 2. The Hall–Kier alpha value is -2.02. The molecule has 1 aromatic rings. The second-order valence-electron chi connectivity index (χ2n) is 5.08. The maximum atomic E-state index is 14.0. The second kappa shape index (κ2) is 5.77. The molecule has 1 heterocycles. The molecule has 0 aromatic heterocycles. The number of aliphatic carboxylic acids is 1. The van der Waals surface area contributed by atoms with Crippen LogP contribution in [-0.2, 0) is 14.3 Å². The van der Waals surface area contributed by atoms with Crippen molar-refractivity contribution in [2.75, 3.05) is 6.61 Å². The Morgan fingerprint density at radius 1 is 1.43 bits per heavy atom. The second-order valence-corrected chi connectivity index (χ2v) is 5.08. The van der Waals surface area contributed by atoms with E-state index in [-0.39, 0.29) is 18.2 Å². The molecule has 0 bridgehead atoms. The highest BCUT2D eigenvalue weighted by molar-refractivity contribution is 5.83. The number of benzene rings is 1. The summed E-state index contributed by atoms with van der Waals surface area (Å²) in [6.07, 6.45) is -1.40. The van der Waals surface area contributed by atoms with Crippen molar-refractivity contribution >= 4 is 11.9 Å². The van der Waals surface area contributed by atoms with Crippen LogP contribution < -0.4 is 0 Å². The number of carbonyl (C=O) groups excluding carboxylic acids is 1. The van der Waals surface area contributed by atoms with E-state index in [1.165, 1.54) is 4.90 Å². The summed E-state index contributed by atoms with van der Waals surface area (Å²) in [6, 6.07) is 1.34. The van der Waals surface area contributed by atoms with Gasteiger partial charge in [0.1, 0.15) is 18.2 Å². The lowest BCUT2D eigenvalue weighted by molar-refractivity contribution is -0.175. The molecule has 1 saturated heterocycles. The third-order valence-corrected chi connectivity index (χ3v) is 3.34. The fourth-order valence-corrected chi connectivity index (χ4v) is 2.50. The van der Waals surface area contributed by atoms with Gasteiger partial charge in [0.15, 0.2) is 6.10 Å². The van der Waals surface area contributed by atoms with Gasteiger partial charge in [-0.3, -0.25) is 4.79 Å². The van der Waals surface area contributed by atoms with Crippen molar-refractivity contribution in [1.82, 2.24) is 4.90 Å². The predicted molar refractivity (Wildman–Crippen MR) is 68.5 cm³/mol. The van der Waals surface area contributed by atoms with Gasteiger partial charge < -0.3 is 14.7 Å². The standard InChI is InChI=1S/C14H15F2NO4/c1-7(2)17-11(18)6-21-13(14(19)20)12(17)9-4-3-8(15)5-10(9)16/h3-5,7,12-13H,6H2,1-2H3,(H,19,20). The van der Waals surface area contributed by atoms with Crippen LogP contribution in [-0.4, -0.2) is 40.6 Å². The molecule has 21 heavy (non-hydrogen) atoms. The summed E-state index contributed by atoms with van der Waals surface area (Å²) in [5.41, 5.74) is -0.0782. The van der Waals surface area contributed by atoms with E-state index in [0.29, 0.717) is 6.07 Å². The van der Waals surface area contributed by atoms with Gasteiger partial charge in [-0.2, -0.15) is 0 Å². The van der Waals surface area contributed by atoms with Crippen molar-refractivity contribution in [1.29, 1.82) is 0 Å². The van der Waals surface area contributed by atoms with Gasteiger partial charge in [-0.1, -0.05) is 6.07 Å². The third-order valence-electron chi connectivity index (χ3n) is 3.34. The van der Waals surface area contributed by atoms with Crippen LogP contribution in [0.3, 0.4) is 0 Å². The summed E-state index contributed by atoms with van der Waals surface area (Å²) in [7, 11) is 0. The topological polar surface area (TPSA) is 66.8 Å². The minimum absolute atomic E-state index is 0.0782. The van der Waals surface area contributed by atoms with E-state index < -0.39 is 35.7 Å². The van der Waals surface area contributed by atoms with Crippen LogP contribution in [0.4, 0.5) is 8.78 Å². The van der Waals surface area contributed by atoms with Crippen molar-refractivity contribution < 1.29 is 28.2 Å². The Bertz CT molecular complexity index is 576. The molecule has 2 unspecified atom stereocenters. The van der Waals surface area contributed by atoms with Gasteiger partial charge in [0.2, 0.25) is 5.91 Å². The monoisotopic (exact) mass is 299 g/mol. The summed E-state index contributed by atoms with van der Waals surface area (Å²) in [5.74, 6) is -3.42. The highest BCUT2D eigenvalue weighted by atomic mass is 19.1. The fraction of sp³-hybridized carbons (Fsp3) is 0.429. The maximum Gasteiger partial charge on any atom is 0.335 e. The number of carboxylic acids is 1. The van der Waals surface area contributed by atoms with Crippen molar-refractivity contribution in [3.63, 3.8) is 0 Å². The van der Waals surface area contributed by atoms with E-state index in [2.05, 4.69) is 0 Å². The molecule has 1 aliphatic heterocycles. The zero-order valence-corrected chi connectivity index (χ0v) is 11.5. The lowest BCUT2D eigenvalue weighted by Crippen LogP contribution is -2.54. The van der Waals surface area contributed by atoms with Gasteiger partial charge >= 0.3 is 5.97 Å². The SMILES string of the molecule is CC(C)N1C(=O)COC(C(=O)O)C1c1ccc(F)cc1F. The van der Waals surface area contributed by atoms with Crippen LogP contribution in [0, 0.1) is 11.6 Å². The van der Waals surface area contributed by atoms with E-state index >= 15 is 0 Å². The highest BCUT2D eigenvalue weighted by Gasteiger charge is 2.44. The Labute approximate surface area is 120 Å². The normalized spacial score (nSPS) is 22.7. The van der Waals surface area contributed by atoms with Gasteiger partial charge in [0.25, 0.3) is 0 Å². The molecule has 0 spiro atoms. The van der Waals surface area contributed by atoms with Crippen molar-refractivity contribution in [2.24, 2.45) is 0 Å². The fourth-order valence-electron chi connectivity index (χ4n) is 2.50. The number of carbonyl (C=O) groups is 2. The zero-order valence-electron chi connectivity index (χ0n) is 11.5. The molecule has 1 amide bonds. The number of amides is 1. The van der Waals surface area contributed by atoms with Crippen molar-refractivity contribution in [3.8, 4) is 0 Å². The van der Waals surface area contributed by atoms with Gasteiger partial charge in [0, 0.05) is 17.7 Å². The molecule has 7 heteroatoms. The van der Waals surface area contributed by atoms with Gasteiger partial charge in [-0.25, -0.2) is 13.6 Å². The van der Waals surface area contributed by atoms with E-state index in [9.17, 15) is 23.5 Å². The van der Waals surface area contributed by atoms with Crippen LogP contribution in [0.25, 0.3) is 0 Å². The Morgan fingerprint density at radius 3 is 2.62 bits per heavy atom. The average molecular weight is 299 g/mol. The Kier molecular flexibility index (Phi) is 4.22. The summed E-state index contributed by atoms with van der Waals surface area (Å²) in [5, 5.41) is 9.24.